The number of fused-ring (bicyclic) bond motifs is 15. The predicted molar refractivity (Wildman–Crippen MR) is 452 cm³/mol. The lowest BCUT2D eigenvalue weighted by Gasteiger charge is -2.27. The van der Waals surface area contributed by atoms with Gasteiger partial charge in [-0.05, 0) is 47.2 Å². The Morgan fingerprint density at radius 2 is 0.820 bits per heavy atom. The lowest BCUT2D eigenvalue weighted by Crippen LogP contribution is -2.35. The summed E-state index contributed by atoms with van der Waals surface area (Å²) in [5.41, 5.74) is 14.5. The molecular weight excluding hydrogens is 2030 g/mol. The summed E-state index contributed by atoms with van der Waals surface area (Å²) in [7, 11) is -5.06. The Kier molecular flexibility index (Phi) is 25.8. The molecule has 0 aromatic carbocycles. The number of aliphatic hydroxyl groups is 1. The minimum Gasteiger partial charge on any atom is -0.389 e. The number of phosphoric acid groups is 1. The summed E-state index contributed by atoms with van der Waals surface area (Å²) in [4.78, 5) is 163. The third-order valence-corrected chi connectivity index (χ3v) is 31.8. The molecule has 6 bridgehead atoms. The first-order chi connectivity index (χ1) is 63.1. The summed E-state index contributed by atoms with van der Waals surface area (Å²) < 4.78 is 176. The maximum Gasteiger partial charge on any atom is 0.472 e. The zero-order chi connectivity index (χ0) is 93.8. The number of nitrogens with two attached hydrogens (primary N) is 3. The zero-order valence-electron chi connectivity index (χ0n) is 66.0. The minimum atomic E-state index is -5.06. The number of aliphatic hydroxyl groups excluding tert-OH is 1. The SMILES string of the molecule is Nc1nc2c(ncn2[C@@H]2S[C@@H]3COP(=O)(O)O[C@H]4[C@H](F)[C@H](n5nnc6c5N=CCC6=O)O[C@@H]4COP(O)(=S)O[C@@H]2[C@@H]3O)c(=O)[nH]1.Nc1nc2c(nnn2[C@@H]2O[C@@H]3COP(=O)(S)O[C@H]4[C@H](F)[C@H](n5nnc6c5N=CCC6=O)O[C@@H]4COP(O)(=S)O[C@@H]2C3)c(=O)[nH]1.Nc1nc2c(nnn2[C@@H]2O[C@@H]3COP(O)(=S)O[C@H]4[C@H](F)[C@H](n5nnc6c5N=CCC6=O)O[C@@H]4COP(O)(=S)O[C@@H]2C3)c(=O)[nH]1. The van der Waals surface area contributed by atoms with Crippen LogP contribution in [0.3, 0.4) is 0 Å². The van der Waals surface area contributed by atoms with Gasteiger partial charge in [0.25, 0.3) is 16.7 Å². The van der Waals surface area contributed by atoms with Crippen molar-refractivity contribution in [2.45, 2.75) is 166 Å². The number of carbonyl (C=O) groups excluding carboxylic acids is 3. The van der Waals surface area contributed by atoms with E-state index < -0.39 is 231 Å². The topological polar surface area (TPSA) is 787 Å². The molecule has 0 saturated carbocycles. The van der Waals surface area contributed by atoms with Gasteiger partial charge in [-0.15, -0.1) is 37.3 Å². The van der Waals surface area contributed by atoms with E-state index in [1.165, 1.54) is 29.5 Å². The predicted octanol–water partition coefficient (Wildman–Crippen LogP) is -0.650. The number of hydrogen-bond donors (Lipinski definition) is 13. The van der Waals surface area contributed by atoms with Crippen molar-refractivity contribution >= 4 is 218 Å². The molecule has 21 heterocycles. The normalized spacial score (nSPS) is 38.1. The van der Waals surface area contributed by atoms with Gasteiger partial charge in [0.05, 0.1) is 69.5 Å². The number of carbonyl (C=O) groups is 3. The monoisotopic (exact) mass is 2100 g/mol. The van der Waals surface area contributed by atoms with E-state index in [0.717, 1.165) is 35.2 Å². The van der Waals surface area contributed by atoms with Gasteiger partial charge >= 0.3 is 41.5 Å². The molecule has 0 amide bonds. The van der Waals surface area contributed by atoms with Crippen LogP contribution in [0.2, 0.25) is 0 Å². The summed E-state index contributed by atoms with van der Waals surface area (Å²) in [5.74, 6) is -1.95. The summed E-state index contributed by atoms with van der Waals surface area (Å²) in [6.07, 6.45) is -24.3. The molecule has 0 spiro atoms. The quantitative estimate of drug-likeness (QED) is 0.0727. The van der Waals surface area contributed by atoms with Gasteiger partial charge in [-0.25, -0.2) is 42.3 Å². The van der Waals surface area contributed by atoms with Crippen LogP contribution in [0.5, 0.6) is 0 Å². The second-order valence-corrected chi connectivity index (χ2v) is 46.8. The lowest BCUT2D eigenvalue weighted by atomic mass is 10.1. The number of H-pyrrole nitrogens is 3. The standard InChI is InChI=1S/C20H22FN9O11P2S2.2C19H21FN10O10P2S2/c21-9-13-7(39-18(9)30-15-10(27-28-30)6(31)1-2-23-15)3-38-43(36,44)41-14-12(32)8(4-37-42(34,35)40-13)45-19(14)29-5-24-11-16(29)25-20(22)26-17(11)33;2*20-10-13-9(38-18(10)29-14-11(25-27-29)7(31)1-2-22-14)5-36-41(33,43)39-8-3-6(4-35-42(34,44)40-13)37-17(8)30-15-12(26-28-30)16(32)24-19(21)23-15/h2,5,7-9,12-14,18-19,32H,1,3-4H2,(H,34,35)(H,36,44)(H3,22,25,26,33);2*2,6,8-10,13,17-18H,1,3-5H2,(H,33,43)(H,34,44)(H3,21,23,24,32)/t7-,8-,9+,12-,13-,14-,18-,19-,43?;2*6-,8+,9+,10-,13+,17+,18+,41?,42?/m100/s1. The molecule has 15 N–H and O–H groups in total. The van der Waals surface area contributed by atoms with Crippen LogP contribution in [0.25, 0.3) is 33.5 Å². The van der Waals surface area contributed by atoms with E-state index in [4.69, 9.17) is 142 Å². The number of aliphatic imine (C=N–C) groups is 3. The number of phosphoric ester groups is 1. The van der Waals surface area contributed by atoms with Gasteiger partial charge in [-0.3, -0.25) is 75.4 Å². The van der Waals surface area contributed by atoms with Gasteiger partial charge < -0.3 is 97.6 Å². The first kappa shape index (κ1) is 94.4. The van der Waals surface area contributed by atoms with Crippen molar-refractivity contribution < 1.29 is 144 Å². The van der Waals surface area contributed by atoms with Crippen molar-refractivity contribution in [1.82, 2.24) is 114 Å². The van der Waals surface area contributed by atoms with E-state index in [9.17, 15) is 67.5 Å². The number of nitrogen functional groups attached to an aromatic ring is 3. The number of imidazole rings is 1. The van der Waals surface area contributed by atoms with Crippen LogP contribution in [0, 0.1) is 0 Å². The zero-order valence-corrected chi connectivity index (χ0v) is 76.3. The molecule has 9 aromatic heterocycles. The molecule has 60 nitrogen and oxygen atoms in total. The fourth-order valence-corrected chi connectivity index (χ4v) is 25.4. The Balaban J connectivity index is 0.000000129. The molecule has 6 unspecified atom stereocenters. The fourth-order valence-electron chi connectivity index (χ4n) is 15.5. The fraction of sp³-hybridized carbons (Fsp3) is 0.569. The molecular formula is C58H64F3N29O31P6S6. The van der Waals surface area contributed by atoms with Crippen LogP contribution in [-0.2, 0) is 134 Å². The van der Waals surface area contributed by atoms with Gasteiger partial charge in [0.15, 0.2) is 135 Å². The number of nitrogens with zero attached hydrogens (tertiary/aromatic N) is 23. The van der Waals surface area contributed by atoms with Crippen LogP contribution >= 0.6 is 65.5 Å². The molecule has 12 aliphatic heterocycles. The van der Waals surface area contributed by atoms with Crippen molar-refractivity contribution in [2.24, 2.45) is 15.0 Å². The van der Waals surface area contributed by atoms with Gasteiger partial charge in [-0.1, -0.05) is 38.3 Å². The van der Waals surface area contributed by atoms with Crippen molar-refractivity contribution in [3.05, 3.63) is 54.5 Å². The third-order valence-electron chi connectivity index (χ3n) is 21.3. The summed E-state index contributed by atoms with van der Waals surface area (Å²) >= 11 is 25.8. The summed E-state index contributed by atoms with van der Waals surface area (Å²) in [6.45, 7) is -24.3. The Morgan fingerprint density at radius 1 is 0.444 bits per heavy atom. The Labute approximate surface area is 763 Å². The number of nitrogens with one attached hydrogen (secondary N) is 3. The molecule has 9 saturated heterocycles. The van der Waals surface area contributed by atoms with Gasteiger partial charge in [0.1, 0.15) is 60.3 Å². The number of ketones is 3. The smallest absolute Gasteiger partial charge is 0.389 e. The van der Waals surface area contributed by atoms with Crippen LogP contribution in [0.4, 0.5) is 48.5 Å². The number of ether oxygens (including phenoxy) is 5. The molecule has 0 aliphatic carbocycles. The lowest BCUT2D eigenvalue weighted by molar-refractivity contribution is -0.0653. The number of aromatic amines is 3. The molecule has 75 heteroatoms. The van der Waals surface area contributed by atoms with Crippen molar-refractivity contribution in [1.29, 1.82) is 0 Å². The van der Waals surface area contributed by atoms with Gasteiger partial charge in [0.2, 0.25) is 17.8 Å². The Hall–Kier alpha value is -7.62. The Bertz CT molecular complexity index is 6540. The van der Waals surface area contributed by atoms with E-state index in [1.54, 1.807) is 0 Å². The highest BCUT2D eigenvalue weighted by Crippen LogP contribution is 2.62. The van der Waals surface area contributed by atoms with Crippen molar-refractivity contribution in [3.63, 3.8) is 0 Å². The van der Waals surface area contributed by atoms with Gasteiger partial charge in [0, 0.05) is 50.7 Å². The molecule has 133 heavy (non-hydrogen) atoms. The highest BCUT2D eigenvalue weighted by atomic mass is 32.7. The number of thiol groups is 1. The van der Waals surface area contributed by atoms with E-state index in [-0.39, 0.29) is 136 Å². The second-order valence-electron chi connectivity index (χ2n) is 30.0. The van der Waals surface area contributed by atoms with E-state index >= 15 is 13.2 Å². The van der Waals surface area contributed by atoms with Crippen molar-refractivity contribution in [3.8, 4) is 0 Å². The molecule has 9 fully saturated rings. The molecule has 21 rings (SSSR count). The maximum absolute atomic E-state index is 15.9. The number of hydrogen-bond acceptors (Lipinski definition) is 51. The third kappa shape index (κ3) is 18.8. The van der Waals surface area contributed by atoms with Crippen LogP contribution < -0.4 is 33.9 Å². The van der Waals surface area contributed by atoms with Crippen LogP contribution in [0.1, 0.15) is 100 Å². The molecule has 28 atom stereocenters. The number of alkyl halides is 3. The average molecular weight is 2100 g/mol. The molecule has 12 aliphatic rings. The van der Waals surface area contributed by atoms with Crippen LogP contribution in [0.15, 0.2) is 35.7 Å². The second kappa shape index (κ2) is 36.3. The van der Waals surface area contributed by atoms with Crippen molar-refractivity contribution in [2.75, 3.05) is 56.8 Å². The average Bonchev–Trinajstić information content (AvgIpc) is 1.62. The number of rotatable bonds is 6. The number of aromatic nitrogens is 23. The van der Waals surface area contributed by atoms with E-state index in [2.05, 4.69) is 114 Å². The molecule has 0 radical (unpaired) electrons. The number of halogens is 3. The van der Waals surface area contributed by atoms with E-state index in [1.807, 2.05) is 0 Å². The maximum atomic E-state index is 15.9. The highest BCUT2D eigenvalue weighted by molar-refractivity contribution is 8.44. The highest BCUT2D eigenvalue weighted by Gasteiger charge is 2.59. The largest absolute Gasteiger partial charge is 0.472 e. The summed E-state index contributed by atoms with van der Waals surface area (Å²) in [6, 6.07) is 0. The minimum absolute atomic E-state index is 0.00229. The number of thioether (sulfide) groups is 1. The molecule has 9 aromatic rings. The Morgan fingerprint density at radius 3 is 1.26 bits per heavy atom. The summed E-state index contributed by atoms with van der Waals surface area (Å²) in [5, 5.41) is 47.4. The van der Waals surface area contributed by atoms with Gasteiger partial charge in [-0.2, -0.15) is 38.4 Å². The first-order valence-corrected chi connectivity index (χ1v) is 54.0. The number of Topliss-reactive ketones (excluding diaryl/α,β-unsaturated/α-hetero) is 3. The molecule has 714 valence electrons. The van der Waals surface area contributed by atoms with Crippen LogP contribution in [-0.4, -0.2) is 317 Å². The number of anilines is 3. The first-order valence-electron chi connectivity index (χ1n) is 38.5. The van der Waals surface area contributed by atoms with E-state index in [0.29, 0.717) is 0 Å².